The molecule has 0 aliphatic heterocycles. The fourth-order valence-corrected chi connectivity index (χ4v) is 1.98. The molecular weight excluding hydrogens is 234 g/mol. The molecule has 108 valence electrons. The van der Waals surface area contributed by atoms with E-state index < -0.39 is 0 Å². The summed E-state index contributed by atoms with van der Waals surface area (Å²) >= 11 is 0. The van der Waals surface area contributed by atoms with E-state index in [1.54, 1.807) is 0 Å². The van der Waals surface area contributed by atoms with E-state index in [0.29, 0.717) is 11.8 Å². The Balaban J connectivity index is 2.37. The van der Waals surface area contributed by atoms with Gasteiger partial charge in [0.15, 0.2) is 0 Å². The second-order valence-electron chi connectivity index (χ2n) is 5.75. The van der Waals surface area contributed by atoms with Crippen molar-refractivity contribution in [3.8, 4) is 0 Å². The average molecular weight is 263 g/mol. The maximum Gasteiger partial charge on any atom is 0.0716 e. The van der Waals surface area contributed by atoms with E-state index >= 15 is 0 Å². The molecule has 0 radical (unpaired) electrons. The van der Waals surface area contributed by atoms with Crippen LogP contribution < -0.4 is 5.32 Å². The number of benzene rings is 1. The molecule has 0 saturated carbocycles. The highest BCUT2D eigenvalue weighted by molar-refractivity contribution is 5.24. The van der Waals surface area contributed by atoms with Gasteiger partial charge in [0.05, 0.1) is 6.61 Å². The molecule has 1 unspecified atom stereocenters. The molecule has 0 spiro atoms. The maximum absolute atomic E-state index is 5.55. The quantitative estimate of drug-likeness (QED) is 0.681. The molecule has 2 heteroatoms. The van der Waals surface area contributed by atoms with Crippen LogP contribution in [0.1, 0.15) is 51.2 Å². The zero-order chi connectivity index (χ0) is 14.1. The Kier molecular flexibility index (Phi) is 7.76. The van der Waals surface area contributed by atoms with Crippen LogP contribution in [0.4, 0.5) is 0 Å². The molecular formula is C17H29NO. The molecule has 1 atom stereocenters. The fraction of sp³-hybridized carbons (Fsp3) is 0.647. The minimum atomic E-state index is 0.560. The standard InChI is InChI=1S/C17H29NO/c1-5-10-19-13-16-6-8-17(9-7-16)15(4)12-18-11-14(2)3/h6-9,14-15,18H,5,10-13H2,1-4H3. The summed E-state index contributed by atoms with van der Waals surface area (Å²) < 4.78 is 5.55. The number of hydrogen-bond donors (Lipinski definition) is 1. The molecule has 1 N–H and O–H groups in total. The summed E-state index contributed by atoms with van der Waals surface area (Å²) in [5.74, 6) is 1.27. The Labute approximate surface area is 118 Å². The second-order valence-corrected chi connectivity index (χ2v) is 5.75. The predicted octanol–water partition coefficient (Wildman–Crippen LogP) is 3.96. The van der Waals surface area contributed by atoms with E-state index in [-0.39, 0.29) is 0 Å². The van der Waals surface area contributed by atoms with Gasteiger partial charge in [0.2, 0.25) is 0 Å². The van der Waals surface area contributed by atoms with Gasteiger partial charge in [-0.25, -0.2) is 0 Å². The SMILES string of the molecule is CCCOCc1ccc(C(C)CNCC(C)C)cc1. The first-order valence-corrected chi connectivity index (χ1v) is 7.50. The van der Waals surface area contributed by atoms with Gasteiger partial charge in [0.1, 0.15) is 0 Å². The number of nitrogens with one attached hydrogen (secondary N) is 1. The molecule has 2 nitrogen and oxygen atoms in total. The fourth-order valence-electron chi connectivity index (χ4n) is 1.98. The van der Waals surface area contributed by atoms with Crippen molar-refractivity contribution in [3.05, 3.63) is 35.4 Å². The first kappa shape index (κ1) is 16.2. The van der Waals surface area contributed by atoms with Gasteiger partial charge in [-0.3, -0.25) is 0 Å². The molecule has 19 heavy (non-hydrogen) atoms. The van der Waals surface area contributed by atoms with Crippen molar-refractivity contribution in [1.29, 1.82) is 0 Å². The lowest BCUT2D eigenvalue weighted by atomic mass is 10.00. The minimum absolute atomic E-state index is 0.560. The van der Waals surface area contributed by atoms with Crippen LogP contribution in [0.25, 0.3) is 0 Å². The molecule has 0 aliphatic carbocycles. The first-order valence-electron chi connectivity index (χ1n) is 7.50. The van der Waals surface area contributed by atoms with Gasteiger partial charge in [0.25, 0.3) is 0 Å². The molecule has 0 aliphatic rings. The number of rotatable bonds is 9. The van der Waals surface area contributed by atoms with Crippen molar-refractivity contribution in [1.82, 2.24) is 5.32 Å². The van der Waals surface area contributed by atoms with Crippen LogP contribution in [-0.4, -0.2) is 19.7 Å². The highest BCUT2D eigenvalue weighted by atomic mass is 16.5. The van der Waals surface area contributed by atoms with Crippen molar-refractivity contribution in [3.63, 3.8) is 0 Å². The van der Waals surface area contributed by atoms with Crippen molar-refractivity contribution in [2.24, 2.45) is 5.92 Å². The molecule has 0 saturated heterocycles. The molecule has 0 amide bonds. The van der Waals surface area contributed by atoms with Crippen molar-refractivity contribution in [2.45, 2.75) is 46.6 Å². The molecule has 1 aromatic carbocycles. The van der Waals surface area contributed by atoms with E-state index in [0.717, 1.165) is 32.7 Å². The molecule has 0 heterocycles. The van der Waals surface area contributed by atoms with Gasteiger partial charge in [-0.2, -0.15) is 0 Å². The predicted molar refractivity (Wildman–Crippen MR) is 82.5 cm³/mol. The van der Waals surface area contributed by atoms with Crippen LogP contribution in [-0.2, 0) is 11.3 Å². The van der Waals surface area contributed by atoms with Crippen molar-refractivity contribution >= 4 is 0 Å². The minimum Gasteiger partial charge on any atom is -0.377 e. The molecule has 0 bridgehead atoms. The van der Waals surface area contributed by atoms with Crippen LogP contribution in [0.2, 0.25) is 0 Å². The Morgan fingerprint density at radius 1 is 1.05 bits per heavy atom. The maximum atomic E-state index is 5.55. The monoisotopic (exact) mass is 263 g/mol. The zero-order valence-corrected chi connectivity index (χ0v) is 12.9. The molecule has 0 aromatic heterocycles. The summed E-state index contributed by atoms with van der Waals surface area (Å²) in [6.45, 7) is 12.6. The van der Waals surface area contributed by atoms with Crippen LogP contribution in [0.15, 0.2) is 24.3 Å². The zero-order valence-electron chi connectivity index (χ0n) is 12.9. The van der Waals surface area contributed by atoms with Crippen LogP contribution in [0, 0.1) is 5.92 Å². The van der Waals surface area contributed by atoms with E-state index in [1.807, 2.05) is 0 Å². The summed E-state index contributed by atoms with van der Waals surface area (Å²) in [5, 5.41) is 3.51. The Morgan fingerprint density at radius 2 is 1.74 bits per heavy atom. The third kappa shape index (κ3) is 6.74. The largest absolute Gasteiger partial charge is 0.377 e. The van der Waals surface area contributed by atoms with Gasteiger partial charge < -0.3 is 10.1 Å². The van der Waals surface area contributed by atoms with Crippen LogP contribution in [0.3, 0.4) is 0 Å². The molecule has 1 aromatic rings. The topological polar surface area (TPSA) is 21.3 Å². The summed E-state index contributed by atoms with van der Waals surface area (Å²) in [6.07, 6.45) is 1.08. The number of hydrogen-bond acceptors (Lipinski definition) is 2. The highest BCUT2D eigenvalue weighted by Gasteiger charge is 2.05. The van der Waals surface area contributed by atoms with Crippen molar-refractivity contribution < 1.29 is 4.74 Å². The van der Waals surface area contributed by atoms with E-state index in [1.165, 1.54) is 11.1 Å². The lowest BCUT2D eigenvalue weighted by molar-refractivity contribution is 0.121. The van der Waals surface area contributed by atoms with Gasteiger partial charge in [-0.1, -0.05) is 52.0 Å². The summed E-state index contributed by atoms with van der Waals surface area (Å²) in [7, 11) is 0. The van der Waals surface area contributed by atoms with Crippen LogP contribution in [0.5, 0.6) is 0 Å². The van der Waals surface area contributed by atoms with Gasteiger partial charge in [-0.15, -0.1) is 0 Å². The Hall–Kier alpha value is -0.860. The van der Waals surface area contributed by atoms with Crippen molar-refractivity contribution in [2.75, 3.05) is 19.7 Å². The second kappa shape index (κ2) is 9.11. The lowest BCUT2D eigenvalue weighted by Gasteiger charge is -2.15. The highest BCUT2D eigenvalue weighted by Crippen LogP contribution is 2.15. The smallest absolute Gasteiger partial charge is 0.0716 e. The van der Waals surface area contributed by atoms with E-state index in [9.17, 15) is 0 Å². The summed E-state index contributed by atoms with van der Waals surface area (Å²) in [6, 6.07) is 8.83. The van der Waals surface area contributed by atoms with E-state index in [2.05, 4.69) is 57.3 Å². The third-order valence-corrected chi connectivity index (χ3v) is 3.17. The summed E-state index contributed by atoms with van der Waals surface area (Å²) in [4.78, 5) is 0. The average Bonchev–Trinajstić information content (AvgIpc) is 2.39. The number of ether oxygens (including phenoxy) is 1. The van der Waals surface area contributed by atoms with Crippen LogP contribution >= 0.6 is 0 Å². The molecule has 0 fully saturated rings. The molecule has 1 rings (SSSR count). The first-order chi connectivity index (χ1) is 9.13. The van der Waals surface area contributed by atoms with Gasteiger partial charge in [0, 0.05) is 13.2 Å². The Morgan fingerprint density at radius 3 is 2.32 bits per heavy atom. The van der Waals surface area contributed by atoms with Gasteiger partial charge >= 0.3 is 0 Å². The van der Waals surface area contributed by atoms with Gasteiger partial charge in [-0.05, 0) is 35.9 Å². The Bertz CT molecular complexity index is 332. The third-order valence-electron chi connectivity index (χ3n) is 3.17. The van der Waals surface area contributed by atoms with E-state index in [4.69, 9.17) is 4.74 Å². The lowest BCUT2D eigenvalue weighted by Crippen LogP contribution is -2.24. The summed E-state index contributed by atoms with van der Waals surface area (Å²) in [5.41, 5.74) is 2.66. The normalized spacial score (nSPS) is 12.9.